The Morgan fingerprint density at radius 1 is 0.825 bits per heavy atom. The monoisotopic (exact) mass is 553 g/mol. The Labute approximate surface area is 243 Å². The van der Waals surface area contributed by atoms with Crippen molar-refractivity contribution in [3.63, 3.8) is 0 Å². The number of hydrogen-bond acceptors (Lipinski definition) is 6. The molecular weight excluding hydrogens is 512 g/mol. The van der Waals surface area contributed by atoms with Crippen molar-refractivity contribution in [1.82, 2.24) is 14.8 Å². The van der Waals surface area contributed by atoms with Crippen molar-refractivity contribution in [2.45, 2.75) is 17.7 Å². The third kappa shape index (κ3) is 6.33. The van der Waals surface area contributed by atoms with E-state index in [0.29, 0.717) is 0 Å². The van der Waals surface area contributed by atoms with E-state index in [-0.39, 0.29) is 0 Å². The van der Waals surface area contributed by atoms with Crippen LogP contribution in [0.2, 0.25) is 0 Å². The van der Waals surface area contributed by atoms with E-state index in [1.54, 1.807) is 0 Å². The summed E-state index contributed by atoms with van der Waals surface area (Å²) in [5.41, 5.74) is 4.83. The highest BCUT2D eigenvalue weighted by molar-refractivity contribution is 8.03. The summed E-state index contributed by atoms with van der Waals surface area (Å²) in [4.78, 5) is 15.1. The van der Waals surface area contributed by atoms with Crippen molar-refractivity contribution in [2.24, 2.45) is 0 Å². The minimum absolute atomic E-state index is 0.991. The highest BCUT2D eigenvalue weighted by Crippen LogP contribution is 2.45. The van der Waals surface area contributed by atoms with Crippen molar-refractivity contribution in [1.29, 1.82) is 0 Å². The van der Waals surface area contributed by atoms with E-state index in [1.807, 2.05) is 24.2 Å². The molecule has 0 saturated carbocycles. The Kier molecular flexibility index (Phi) is 9.04. The largest absolute Gasteiger partial charge is 0.338 e. The number of anilines is 2. The van der Waals surface area contributed by atoms with Crippen LogP contribution in [0.4, 0.5) is 11.5 Å². The van der Waals surface area contributed by atoms with Crippen LogP contribution in [0, 0.1) is 0 Å². The molecule has 0 amide bonds. The fourth-order valence-electron chi connectivity index (χ4n) is 5.31. The molecule has 7 heteroatoms. The second-order valence-corrected chi connectivity index (χ2v) is 12.0. The van der Waals surface area contributed by atoms with Crippen molar-refractivity contribution in [2.75, 3.05) is 71.2 Å². The van der Waals surface area contributed by atoms with E-state index in [1.165, 1.54) is 37.9 Å². The lowest BCUT2D eigenvalue weighted by atomic mass is 10.1. The lowest BCUT2D eigenvalue weighted by molar-refractivity contribution is -0.554. The smallest absolute Gasteiger partial charge is 0.282 e. The molecule has 208 valence electrons. The Balaban J connectivity index is 1.66. The lowest BCUT2D eigenvalue weighted by Crippen LogP contribution is -2.43. The first kappa shape index (κ1) is 28.1. The van der Waals surface area contributed by atoms with Gasteiger partial charge in [0.05, 0.1) is 23.8 Å². The zero-order chi connectivity index (χ0) is 28.1. The number of hydrogen-bond donors (Lipinski definition) is 0. The number of thioether (sulfide) groups is 1. The van der Waals surface area contributed by atoms with Crippen LogP contribution in [-0.2, 0) is 0 Å². The molecule has 0 atom stereocenters. The van der Waals surface area contributed by atoms with Gasteiger partial charge in [-0.15, -0.1) is 0 Å². The second-order valence-electron chi connectivity index (χ2n) is 10.9. The van der Waals surface area contributed by atoms with Crippen molar-refractivity contribution < 1.29 is 4.57 Å². The van der Waals surface area contributed by atoms with Crippen LogP contribution in [0.25, 0.3) is 22.7 Å². The van der Waals surface area contributed by atoms with Gasteiger partial charge in [0.25, 0.3) is 5.82 Å². The normalized spacial score (nSPS) is 14.1. The molecule has 3 heterocycles. The molecule has 1 aliphatic rings. The Morgan fingerprint density at radius 3 is 2.15 bits per heavy atom. The highest BCUT2D eigenvalue weighted by Gasteiger charge is 2.27. The van der Waals surface area contributed by atoms with Crippen molar-refractivity contribution >= 4 is 40.2 Å². The molecule has 0 fully saturated rings. The Hall–Kier alpha value is -3.39. The molecule has 0 bridgehead atoms. The second kappa shape index (κ2) is 12.9. The van der Waals surface area contributed by atoms with Gasteiger partial charge >= 0.3 is 0 Å². The zero-order valence-corrected chi connectivity index (χ0v) is 25.2. The quantitative estimate of drug-likeness (QED) is 0.219. The van der Waals surface area contributed by atoms with Gasteiger partial charge in [-0.25, -0.2) is 0 Å². The van der Waals surface area contributed by atoms with E-state index < -0.39 is 0 Å². The fourth-order valence-corrected chi connectivity index (χ4v) is 6.41. The molecule has 2 aromatic heterocycles. The topological polar surface area (TPSA) is 29.7 Å². The molecule has 40 heavy (non-hydrogen) atoms. The molecule has 2 aromatic carbocycles. The summed E-state index contributed by atoms with van der Waals surface area (Å²) in [6, 6.07) is 24.1. The Morgan fingerprint density at radius 2 is 1.48 bits per heavy atom. The number of rotatable bonds is 11. The van der Waals surface area contributed by atoms with Gasteiger partial charge in [-0.3, -0.25) is 9.88 Å². The molecule has 0 spiro atoms. The predicted octanol–water partition coefficient (Wildman–Crippen LogP) is 5.76. The molecule has 5 rings (SSSR count). The van der Waals surface area contributed by atoms with Gasteiger partial charge in [0, 0.05) is 61.0 Å². The first-order valence-electron chi connectivity index (χ1n) is 14.1. The predicted molar refractivity (Wildman–Crippen MR) is 171 cm³/mol. The number of para-hydroxylation sites is 2. The summed E-state index contributed by atoms with van der Waals surface area (Å²) in [6.07, 6.45) is 8.34. The Bertz CT molecular complexity index is 1450. The highest BCUT2D eigenvalue weighted by atomic mass is 32.2. The van der Waals surface area contributed by atoms with Gasteiger partial charge in [0.2, 0.25) is 0 Å². The van der Waals surface area contributed by atoms with Gasteiger partial charge in [-0.2, -0.15) is 4.57 Å². The summed E-state index contributed by atoms with van der Waals surface area (Å²) in [6.45, 7) is 4.10. The molecule has 0 aliphatic carbocycles. The van der Waals surface area contributed by atoms with Gasteiger partial charge in [-0.1, -0.05) is 42.1 Å². The minimum atomic E-state index is 0.991. The van der Waals surface area contributed by atoms with Crippen LogP contribution in [0.5, 0.6) is 0 Å². The minimum Gasteiger partial charge on any atom is -0.338 e. The average molecular weight is 554 g/mol. The van der Waals surface area contributed by atoms with E-state index in [4.69, 9.17) is 0 Å². The van der Waals surface area contributed by atoms with Crippen molar-refractivity contribution in [3.8, 4) is 5.69 Å². The van der Waals surface area contributed by atoms with E-state index in [0.717, 1.165) is 44.7 Å². The van der Waals surface area contributed by atoms with E-state index in [9.17, 15) is 0 Å². The van der Waals surface area contributed by atoms with Crippen LogP contribution < -0.4 is 14.4 Å². The summed E-state index contributed by atoms with van der Waals surface area (Å²) in [5, 5.41) is 2.48. The van der Waals surface area contributed by atoms with Gasteiger partial charge < -0.3 is 14.7 Å². The van der Waals surface area contributed by atoms with E-state index in [2.05, 4.69) is 137 Å². The SMILES string of the molecule is CN(C)CCCN(CCCN(C)C)c1cc(C=C2Sc3ccccc3N2C)c2ccccc2[n+]1-c1ccncc1. The van der Waals surface area contributed by atoms with Crippen LogP contribution in [0.15, 0.2) is 89.0 Å². The molecule has 4 aromatic rings. The standard InChI is InChI=1S/C33H41N6S/c1-35(2)20-10-22-38(23-11-21-36(3)4)32-24-26(25-33-37(5)30-14-8-9-15-31(30)40-33)28-12-6-7-13-29(28)39(32)27-16-18-34-19-17-27/h6-9,12-19,24-25H,10-11,20-23H2,1-5H3/q+1. The first-order chi connectivity index (χ1) is 19.4. The molecule has 0 radical (unpaired) electrons. The number of nitrogens with zero attached hydrogens (tertiary/aromatic N) is 6. The summed E-state index contributed by atoms with van der Waals surface area (Å²) >= 11 is 1.84. The maximum Gasteiger partial charge on any atom is 0.282 e. The van der Waals surface area contributed by atoms with Crippen molar-refractivity contribution in [3.05, 3.63) is 89.7 Å². The lowest BCUT2D eigenvalue weighted by Gasteiger charge is -2.23. The van der Waals surface area contributed by atoms with E-state index >= 15 is 0 Å². The maximum atomic E-state index is 4.32. The fraction of sp³-hybridized carbons (Fsp3) is 0.333. The molecule has 0 unspecified atom stereocenters. The van der Waals surface area contributed by atoms with Crippen LogP contribution >= 0.6 is 11.8 Å². The van der Waals surface area contributed by atoms with Gasteiger partial charge in [0.1, 0.15) is 11.2 Å². The van der Waals surface area contributed by atoms with Crippen LogP contribution in [-0.4, -0.2) is 76.2 Å². The molecule has 6 nitrogen and oxygen atoms in total. The number of pyridine rings is 2. The van der Waals surface area contributed by atoms with Crippen LogP contribution in [0.1, 0.15) is 18.4 Å². The molecule has 0 saturated heterocycles. The third-order valence-corrected chi connectivity index (χ3v) is 8.50. The zero-order valence-electron chi connectivity index (χ0n) is 24.4. The summed E-state index contributed by atoms with van der Waals surface area (Å²) in [5.74, 6) is 1.22. The molecular formula is C33H41N6S+. The maximum absolute atomic E-state index is 4.32. The van der Waals surface area contributed by atoms with Gasteiger partial charge in [-0.05, 0) is 70.9 Å². The first-order valence-corrected chi connectivity index (χ1v) is 14.9. The number of aromatic nitrogens is 2. The number of benzene rings is 2. The summed E-state index contributed by atoms with van der Waals surface area (Å²) < 4.78 is 2.42. The number of fused-ring (bicyclic) bond motifs is 2. The molecule has 1 aliphatic heterocycles. The average Bonchev–Trinajstić information content (AvgIpc) is 3.27. The third-order valence-electron chi connectivity index (χ3n) is 7.33. The molecule has 0 N–H and O–H groups in total. The van der Waals surface area contributed by atoms with Gasteiger partial charge in [0.15, 0.2) is 0 Å². The van der Waals surface area contributed by atoms with Crippen LogP contribution in [0.3, 0.4) is 0 Å². The summed E-state index contributed by atoms with van der Waals surface area (Å²) in [7, 11) is 10.8.